The first-order valence-corrected chi connectivity index (χ1v) is 13.7. The van der Waals surface area contributed by atoms with Crippen molar-refractivity contribution in [3.63, 3.8) is 0 Å². The molecule has 0 fully saturated rings. The Morgan fingerprint density at radius 3 is 2.80 bits per heavy atom. The second-order valence-electron chi connectivity index (χ2n) is 8.02. The maximum Gasteiger partial charge on any atom is 0.236 e. The van der Waals surface area contributed by atoms with Crippen molar-refractivity contribution in [2.45, 2.75) is 25.5 Å². The Labute approximate surface area is 215 Å². The number of carbonyl (C=O) groups excluding carboxylic acids is 1. The third-order valence-corrected chi connectivity index (χ3v) is 8.32. The zero-order chi connectivity index (χ0) is 24.4. The summed E-state index contributed by atoms with van der Waals surface area (Å²) in [5, 5.41) is 18.2. The van der Waals surface area contributed by atoms with Gasteiger partial charge in [-0.05, 0) is 37.1 Å². The van der Waals surface area contributed by atoms with Gasteiger partial charge in [-0.2, -0.15) is 0 Å². The van der Waals surface area contributed by atoms with E-state index in [4.69, 9.17) is 0 Å². The Morgan fingerprint density at radius 1 is 1.11 bits per heavy atom. The van der Waals surface area contributed by atoms with Crippen LogP contribution in [0.4, 0.5) is 5.13 Å². The molecule has 3 heterocycles. The highest BCUT2D eigenvalue weighted by Gasteiger charge is 2.18. The van der Waals surface area contributed by atoms with Gasteiger partial charge in [0.05, 0.1) is 11.4 Å². The van der Waals surface area contributed by atoms with Gasteiger partial charge in [0, 0.05) is 38.5 Å². The highest BCUT2D eigenvalue weighted by molar-refractivity contribution is 7.99. The smallest absolute Gasteiger partial charge is 0.236 e. The fourth-order valence-corrected chi connectivity index (χ4v) is 6.11. The second kappa shape index (κ2) is 10.2. The summed E-state index contributed by atoms with van der Waals surface area (Å²) < 4.78 is 3.20. The molecule has 1 amide bonds. The van der Waals surface area contributed by atoms with E-state index in [-0.39, 0.29) is 11.7 Å². The number of aromatic nitrogens is 4. The number of thiazole rings is 1. The zero-order valence-electron chi connectivity index (χ0n) is 19.3. The largest absolute Gasteiger partial charge is 0.301 e. The summed E-state index contributed by atoms with van der Waals surface area (Å²) in [6.07, 6.45) is 1.81. The summed E-state index contributed by atoms with van der Waals surface area (Å²) in [4.78, 5) is 17.3. The maximum absolute atomic E-state index is 12.7. The Balaban J connectivity index is 1.28. The zero-order valence-corrected chi connectivity index (χ0v) is 21.8. The van der Waals surface area contributed by atoms with E-state index in [1.807, 2.05) is 28.2 Å². The number of thioether (sulfide) groups is 1. The lowest BCUT2D eigenvalue weighted by Crippen LogP contribution is -2.14. The predicted octanol–water partition coefficient (Wildman–Crippen LogP) is 6.82. The third-order valence-electron chi connectivity index (χ3n) is 5.64. The van der Waals surface area contributed by atoms with E-state index in [1.54, 1.807) is 11.3 Å². The van der Waals surface area contributed by atoms with Gasteiger partial charge in [0.15, 0.2) is 16.1 Å². The summed E-state index contributed by atoms with van der Waals surface area (Å²) in [7, 11) is 0. The Kier molecular flexibility index (Phi) is 6.81. The van der Waals surface area contributed by atoms with E-state index >= 15 is 0 Å². The van der Waals surface area contributed by atoms with Crippen molar-refractivity contribution in [3.05, 3.63) is 77.0 Å². The Hall–Kier alpha value is -3.27. The van der Waals surface area contributed by atoms with Crippen molar-refractivity contribution in [3.8, 4) is 22.6 Å². The molecule has 5 rings (SSSR count). The normalized spacial score (nSPS) is 11.1. The molecule has 0 radical (unpaired) electrons. The summed E-state index contributed by atoms with van der Waals surface area (Å²) in [6.45, 7) is 8.61. The standard InChI is InChI=1S/C26H23N5OS3/c1-4-11-31-24(20-13-33-22-8-6-5-7-19(20)22)29-30-26(31)35-15-23(32)28-25-27-21(14-34-25)18-10-9-16(2)17(3)12-18/h4-10,12-14H,1,11,15H2,2-3H3,(H,27,28,32). The topological polar surface area (TPSA) is 72.7 Å². The van der Waals surface area contributed by atoms with Crippen molar-refractivity contribution in [2.24, 2.45) is 0 Å². The van der Waals surface area contributed by atoms with Gasteiger partial charge >= 0.3 is 0 Å². The van der Waals surface area contributed by atoms with Crippen LogP contribution >= 0.6 is 34.4 Å². The third kappa shape index (κ3) is 4.93. The van der Waals surface area contributed by atoms with Crippen LogP contribution in [0.25, 0.3) is 32.7 Å². The number of rotatable bonds is 8. The molecule has 9 heteroatoms. The molecular formula is C26H23N5OS3. The maximum atomic E-state index is 12.7. The molecule has 35 heavy (non-hydrogen) atoms. The summed E-state index contributed by atoms with van der Waals surface area (Å²) in [6, 6.07) is 14.5. The molecule has 2 aromatic carbocycles. The first kappa shape index (κ1) is 23.5. The van der Waals surface area contributed by atoms with Crippen LogP contribution in [0.3, 0.4) is 0 Å². The minimum atomic E-state index is -0.133. The molecule has 0 saturated carbocycles. The van der Waals surface area contributed by atoms with E-state index < -0.39 is 0 Å². The molecular weight excluding hydrogens is 495 g/mol. The van der Waals surface area contributed by atoms with E-state index in [1.165, 1.54) is 38.9 Å². The van der Waals surface area contributed by atoms with Gasteiger partial charge in [0.25, 0.3) is 0 Å². The summed E-state index contributed by atoms with van der Waals surface area (Å²) >= 11 is 4.46. The van der Waals surface area contributed by atoms with Gasteiger partial charge in [-0.25, -0.2) is 4.98 Å². The van der Waals surface area contributed by atoms with E-state index in [0.717, 1.165) is 28.0 Å². The number of benzene rings is 2. The number of fused-ring (bicyclic) bond motifs is 1. The summed E-state index contributed by atoms with van der Waals surface area (Å²) in [5.74, 6) is 0.855. The van der Waals surface area contributed by atoms with Gasteiger partial charge in [-0.1, -0.05) is 48.2 Å². The van der Waals surface area contributed by atoms with E-state index in [0.29, 0.717) is 16.8 Å². The molecule has 0 bridgehead atoms. The van der Waals surface area contributed by atoms with Crippen LogP contribution in [0.5, 0.6) is 0 Å². The van der Waals surface area contributed by atoms with Gasteiger partial charge < -0.3 is 5.32 Å². The lowest BCUT2D eigenvalue weighted by atomic mass is 10.1. The number of nitrogens with zero attached hydrogens (tertiary/aromatic N) is 4. The first-order chi connectivity index (χ1) is 17.0. The predicted molar refractivity (Wildman–Crippen MR) is 147 cm³/mol. The average Bonchev–Trinajstić information content (AvgIpc) is 3.58. The van der Waals surface area contributed by atoms with Crippen LogP contribution in [0.2, 0.25) is 0 Å². The van der Waals surface area contributed by atoms with Crippen molar-refractivity contribution < 1.29 is 4.79 Å². The van der Waals surface area contributed by atoms with Crippen LogP contribution in [0, 0.1) is 13.8 Å². The number of anilines is 1. The number of allylic oxidation sites excluding steroid dienone is 1. The van der Waals surface area contributed by atoms with Crippen LogP contribution in [-0.4, -0.2) is 31.4 Å². The van der Waals surface area contributed by atoms with Gasteiger partial charge in [-0.15, -0.1) is 39.4 Å². The van der Waals surface area contributed by atoms with Crippen molar-refractivity contribution >= 4 is 55.6 Å². The number of amides is 1. The average molecular weight is 518 g/mol. The molecule has 0 unspecified atom stereocenters. The minimum Gasteiger partial charge on any atom is -0.301 e. The van der Waals surface area contributed by atoms with Crippen LogP contribution in [0.15, 0.2) is 71.0 Å². The molecule has 0 spiro atoms. The molecule has 1 N–H and O–H groups in total. The molecule has 0 saturated heterocycles. The molecule has 0 atom stereocenters. The molecule has 0 aliphatic heterocycles. The highest BCUT2D eigenvalue weighted by atomic mass is 32.2. The molecule has 0 aliphatic rings. The van der Waals surface area contributed by atoms with Crippen molar-refractivity contribution in [1.82, 2.24) is 19.7 Å². The molecule has 176 valence electrons. The van der Waals surface area contributed by atoms with Crippen molar-refractivity contribution in [2.75, 3.05) is 11.1 Å². The SMILES string of the molecule is C=CCn1c(SCC(=O)Nc2nc(-c3ccc(C)c(C)c3)cs2)nnc1-c1csc2ccccc12. The fourth-order valence-electron chi connectivity index (χ4n) is 3.69. The monoisotopic (exact) mass is 517 g/mol. The lowest BCUT2D eigenvalue weighted by Gasteiger charge is -2.07. The Bertz CT molecular complexity index is 1530. The lowest BCUT2D eigenvalue weighted by molar-refractivity contribution is -0.113. The number of carbonyl (C=O) groups is 1. The minimum absolute atomic E-state index is 0.133. The molecule has 0 aliphatic carbocycles. The Morgan fingerprint density at radius 2 is 1.97 bits per heavy atom. The van der Waals surface area contributed by atoms with E-state index in [9.17, 15) is 4.79 Å². The number of thiophene rings is 1. The fraction of sp³-hybridized carbons (Fsp3) is 0.154. The number of hydrogen-bond acceptors (Lipinski definition) is 7. The van der Waals surface area contributed by atoms with Crippen LogP contribution in [-0.2, 0) is 11.3 Å². The van der Waals surface area contributed by atoms with Crippen LogP contribution in [0.1, 0.15) is 11.1 Å². The number of nitrogens with one attached hydrogen (secondary N) is 1. The van der Waals surface area contributed by atoms with Crippen LogP contribution < -0.4 is 5.32 Å². The van der Waals surface area contributed by atoms with E-state index in [2.05, 4.69) is 76.6 Å². The number of aryl methyl sites for hydroxylation is 2. The molecule has 3 aromatic heterocycles. The van der Waals surface area contributed by atoms with Crippen molar-refractivity contribution in [1.29, 1.82) is 0 Å². The molecule has 5 aromatic rings. The van der Waals surface area contributed by atoms with Gasteiger partial charge in [0.2, 0.25) is 5.91 Å². The second-order valence-corrected chi connectivity index (χ2v) is 10.7. The van der Waals surface area contributed by atoms with Gasteiger partial charge in [-0.3, -0.25) is 9.36 Å². The quantitative estimate of drug-likeness (QED) is 0.181. The molecule has 6 nitrogen and oxygen atoms in total. The first-order valence-electron chi connectivity index (χ1n) is 11.0. The summed E-state index contributed by atoms with van der Waals surface area (Å²) in [5.41, 5.74) is 5.41. The highest BCUT2D eigenvalue weighted by Crippen LogP contribution is 2.34. The number of hydrogen-bond donors (Lipinski definition) is 1. The van der Waals surface area contributed by atoms with Gasteiger partial charge in [0.1, 0.15) is 0 Å².